The Kier molecular flexibility index (Phi) is 9.70. The van der Waals surface area contributed by atoms with E-state index in [4.69, 9.17) is 18.4 Å². The van der Waals surface area contributed by atoms with Gasteiger partial charge in [0.2, 0.25) is 5.79 Å². The van der Waals surface area contributed by atoms with Crippen molar-refractivity contribution in [1.82, 2.24) is 0 Å². The summed E-state index contributed by atoms with van der Waals surface area (Å²) < 4.78 is 49.6. The number of thiophene rings is 1. The van der Waals surface area contributed by atoms with Crippen LogP contribution in [0.1, 0.15) is 70.0 Å². The lowest BCUT2D eigenvalue weighted by atomic mass is 9.79. The number of carbonyl (C=O) groups excluding carboxylic acids is 2. The van der Waals surface area contributed by atoms with Crippen LogP contribution >= 0.6 is 11.3 Å². The van der Waals surface area contributed by atoms with Crippen molar-refractivity contribution in [2.24, 2.45) is 5.92 Å². The Morgan fingerprint density at radius 2 is 1.93 bits per heavy atom. The van der Waals surface area contributed by atoms with Gasteiger partial charge >= 0.3 is 5.97 Å². The van der Waals surface area contributed by atoms with Crippen molar-refractivity contribution in [3.8, 4) is 0 Å². The van der Waals surface area contributed by atoms with E-state index in [1.165, 1.54) is 29.7 Å². The topological polar surface area (TPSA) is 105 Å². The third kappa shape index (κ3) is 7.42. The maximum absolute atomic E-state index is 13.2. The second-order valence-electron chi connectivity index (χ2n) is 11.1. The Balaban J connectivity index is 1.64. The molecule has 3 aliphatic rings. The van der Waals surface area contributed by atoms with Crippen molar-refractivity contribution in [3.63, 3.8) is 0 Å². The Morgan fingerprint density at radius 1 is 1.17 bits per heavy atom. The van der Waals surface area contributed by atoms with Gasteiger partial charge < -0.3 is 14.2 Å². The normalized spacial score (nSPS) is 26.6. The summed E-state index contributed by atoms with van der Waals surface area (Å²) in [5.41, 5.74) is 4.75. The van der Waals surface area contributed by atoms with E-state index in [1.54, 1.807) is 19.1 Å². The third-order valence-electron chi connectivity index (χ3n) is 7.36. The molecular formula is C31H38O8S2. The van der Waals surface area contributed by atoms with Crippen LogP contribution in [0.4, 0.5) is 0 Å². The van der Waals surface area contributed by atoms with E-state index in [0.29, 0.717) is 17.6 Å². The Hall–Kier alpha value is -2.63. The van der Waals surface area contributed by atoms with Crippen LogP contribution in [-0.2, 0) is 33.3 Å². The van der Waals surface area contributed by atoms with Crippen LogP contribution in [0.25, 0.3) is 0 Å². The average Bonchev–Trinajstić information content (AvgIpc) is 3.38. The SMILES string of the molecule is COC(=O)c1sccc1S(=O)(=O)OCC1=C[C@]2(C=C(C)C[C@@H](/C=C(\C)CCC=C(C)C)O2)O[C@@H]2C=C(C)C(=O)C[C@H]12. The third-order valence-corrected chi connectivity index (χ3v) is 9.69. The minimum atomic E-state index is -4.30. The fraction of sp³-hybridized carbons (Fsp3) is 0.484. The number of fused-ring (bicyclic) bond motifs is 1. The summed E-state index contributed by atoms with van der Waals surface area (Å²) in [6.07, 6.45) is 11.8. The molecule has 0 bridgehead atoms. The zero-order valence-corrected chi connectivity index (χ0v) is 26.0. The number of hydrogen-bond donors (Lipinski definition) is 0. The van der Waals surface area contributed by atoms with E-state index in [1.807, 2.05) is 13.0 Å². The fourth-order valence-electron chi connectivity index (χ4n) is 5.35. The molecule has 1 aliphatic carbocycles. The lowest BCUT2D eigenvalue weighted by Gasteiger charge is -2.45. The van der Waals surface area contributed by atoms with Gasteiger partial charge in [-0.1, -0.05) is 28.9 Å². The largest absolute Gasteiger partial charge is 0.465 e. The maximum Gasteiger partial charge on any atom is 0.349 e. The Morgan fingerprint density at radius 3 is 2.63 bits per heavy atom. The summed E-state index contributed by atoms with van der Waals surface area (Å²) >= 11 is 0.961. The second-order valence-corrected chi connectivity index (χ2v) is 13.6. The molecule has 3 heterocycles. The molecule has 8 nitrogen and oxygen atoms in total. The Labute approximate surface area is 246 Å². The average molecular weight is 603 g/mol. The van der Waals surface area contributed by atoms with Gasteiger partial charge in [-0.05, 0) is 94.7 Å². The number of allylic oxidation sites excluding steroid dienone is 4. The molecule has 10 heteroatoms. The van der Waals surface area contributed by atoms with Crippen LogP contribution in [-0.4, -0.2) is 51.9 Å². The summed E-state index contributed by atoms with van der Waals surface area (Å²) in [5, 5.41) is 1.49. The summed E-state index contributed by atoms with van der Waals surface area (Å²) in [7, 11) is -3.11. The predicted molar refractivity (Wildman–Crippen MR) is 157 cm³/mol. The van der Waals surface area contributed by atoms with E-state index in [9.17, 15) is 18.0 Å². The predicted octanol–water partition coefficient (Wildman–Crippen LogP) is 6.22. The molecule has 0 saturated heterocycles. The first-order valence-electron chi connectivity index (χ1n) is 13.7. The lowest BCUT2D eigenvalue weighted by molar-refractivity contribution is -0.224. The van der Waals surface area contributed by atoms with Crippen molar-refractivity contribution < 1.29 is 36.4 Å². The van der Waals surface area contributed by atoms with Crippen molar-refractivity contribution >= 4 is 33.2 Å². The molecule has 0 unspecified atom stereocenters. The zero-order chi connectivity index (χ0) is 29.9. The Bertz CT molecular complexity index is 1450. The smallest absolute Gasteiger partial charge is 0.349 e. The molecule has 0 saturated carbocycles. The van der Waals surface area contributed by atoms with E-state index < -0.39 is 33.9 Å². The van der Waals surface area contributed by atoms with Crippen LogP contribution in [0.5, 0.6) is 0 Å². The lowest BCUT2D eigenvalue weighted by Crippen LogP contribution is -2.49. The van der Waals surface area contributed by atoms with Crippen molar-refractivity contribution in [3.05, 3.63) is 74.6 Å². The van der Waals surface area contributed by atoms with Gasteiger partial charge in [-0.3, -0.25) is 8.98 Å². The molecule has 41 heavy (non-hydrogen) atoms. The second kappa shape index (κ2) is 12.7. The monoisotopic (exact) mass is 602 g/mol. The van der Waals surface area contributed by atoms with Crippen LogP contribution in [0, 0.1) is 5.92 Å². The highest BCUT2D eigenvalue weighted by Crippen LogP contribution is 2.43. The van der Waals surface area contributed by atoms with E-state index in [2.05, 4.69) is 32.9 Å². The fourth-order valence-corrected chi connectivity index (χ4v) is 7.55. The summed E-state index contributed by atoms with van der Waals surface area (Å²) in [6.45, 7) is 9.71. The molecule has 4 rings (SSSR count). The van der Waals surface area contributed by atoms with Crippen molar-refractivity contribution in [2.75, 3.05) is 13.7 Å². The molecule has 1 aromatic heterocycles. The number of carbonyl (C=O) groups is 2. The highest BCUT2D eigenvalue weighted by atomic mass is 32.2. The first-order chi connectivity index (χ1) is 19.3. The van der Waals surface area contributed by atoms with Gasteiger partial charge in [0.1, 0.15) is 9.77 Å². The van der Waals surface area contributed by atoms with Gasteiger partial charge in [0.15, 0.2) is 5.78 Å². The molecule has 1 spiro atoms. The van der Waals surface area contributed by atoms with Crippen LogP contribution < -0.4 is 0 Å². The summed E-state index contributed by atoms with van der Waals surface area (Å²) in [5.74, 6) is -2.44. The van der Waals surface area contributed by atoms with Gasteiger partial charge in [0.05, 0.1) is 25.9 Å². The molecular weight excluding hydrogens is 564 g/mol. The summed E-state index contributed by atoms with van der Waals surface area (Å²) in [6, 6.07) is 1.32. The molecule has 0 aromatic carbocycles. The molecule has 0 amide bonds. The molecule has 1 aromatic rings. The van der Waals surface area contributed by atoms with Crippen molar-refractivity contribution in [2.45, 2.75) is 83.2 Å². The standard InChI is InChI=1S/C31H38O8S2/c1-19(2)8-7-9-20(3)12-24-13-21(4)16-31(38-24)17-23(25-15-26(32)22(5)14-27(25)39-31)18-37-41(34,35)28-10-11-40-29(28)30(33)36-6/h8,10-12,14,16-17,24-25,27H,7,9,13,15,18H2,1-6H3/b20-12+/t24-,25-,27-,31+/m1/s1. The van der Waals surface area contributed by atoms with E-state index >= 15 is 0 Å². The minimum absolute atomic E-state index is 0.0329. The van der Waals surface area contributed by atoms with E-state index in [-0.39, 0.29) is 34.7 Å². The van der Waals surface area contributed by atoms with Gasteiger partial charge in [0, 0.05) is 12.3 Å². The first-order valence-corrected chi connectivity index (χ1v) is 15.9. The zero-order valence-electron chi connectivity index (χ0n) is 24.4. The number of esters is 1. The number of methoxy groups -OCH3 is 1. The number of rotatable bonds is 9. The first kappa shape index (κ1) is 31.3. The quantitative estimate of drug-likeness (QED) is 0.186. The van der Waals surface area contributed by atoms with Crippen LogP contribution in [0.2, 0.25) is 0 Å². The highest BCUT2D eigenvalue weighted by Gasteiger charge is 2.46. The van der Waals surface area contributed by atoms with Gasteiger partial charge in [-0.15, -0.1) is 11.3 Å². The number of ether oxygens (including phenoxy) is 3. The molecule has 0 radical (unpaired) electrons. The molecule has 4 atom stereocenters. The van der Waals surface area contributed by atoms with Gasteiger partial charge in [0.25, 0.3) is 10.1 Å². The number of ketones is 1. The molecule has 222 valence electrons. The molecule has 0 N–H and O–H groups in total. The van der Waals surface area contributed by atoms with Gasteiger partial charge in [-0.25, -0.2) is 4.79 Å². The molecule has 2 aliphatic heterocycles. The van der Waals surface area contributed by atoms with Crippen LogP contribution in [0.3, 0.4) is 0 Å². The molecule has 0 fully saturated rings. The maximum atomic E-state index is 13.2. The van der Waals surface area contributed by atoms with Gasteiger partial charge in [-0.2, -0.15) is 8.42 Å². The highest BCUT2D eigenvalue weighted by molar-refractivity contribution is 7.87. The number of Topliss-reactive ketones (excluding diaryl/α,β-unsaturated/α-hetero) is 1. The van der Waals surface area contributed by atoms with E-state index in [0.717, 1.165) is 29.8 Å². The minimum Gasteiger partial charge on any atom is -0.465 e. The number of hydrogen-bond acceptors (Lipinski definition) is 9. The van der Waals surface area contributed by atoms with Crippen molar-refractivity contribution in [1.29, 1.82) is 0 Å². The van der Waals surface area contributed by atoms with Crippen LogP contribution in [0.15, 0.2) is 74.6 Å². The summed E-state index contributed by atoms with van der Waals surface area (Å²) in [4.78, 5) is 24.4.